The molecule has 0 amide bonds. The van der Waals surface area contributed by atoms with Gasteiger partial charge in [0.05, 0.1) is 24.9 Å². The van der Waals surface area contributed by atoms with Crippen LogP contribution in [0.5, 0.6) is 0 Å². The van der Waals surface area contributed by atoms with Crippen LogP contribution in [0.25, 0.3) is 11.3 Å². The molecule has 160 valence electrons. The summed E-state index contributed by atoms with van der Waals surface area (Å²) in [6.45, 7) is 5.26. The number of nitrogens with zero attached hydrogens (tertiary/aromatic N) is 3. The fourth-order valence-electron chi connectivity index (χ4n) is 4.30. The molecule has 0 aliphatic carbocycles. The van der Waals surface area contributed by atoms with E-state index in [2.05, 4.69) is 38.3 Å². The molecule has 0 bridgehead atoms. The third kappa shape index (κ3) is 4.35. The number of hydrogen-bond acceptors (Lipinski definition) is 5. The van der Waals surface area contributed by atoms with Crippen LogP contribution in [0.15, 0.2) is 71.3 Å². The topological polar surface area (TPSA) is 53.8 Å². The third-order valence-corrected chi connectivity index (χ3v) is 6.29. The SMILES string of the molecule is S=C1N[C@@H](c2ccccn2)[C@H](c2ccc(-c3ccccc3)o2)N1CCN1CCOCC1. The van der Waals surface area contributed by atoms with Gasteiger partial charge in [-0.3, -0.25) is 9.88 Å². The lowest BCUT2D eigenvalue weighted by Crippen LogP contribution is -2.42. The molecule has 0 spiro atoms. The largest absolute Gasteiger partial charge is 0.459 e. The molecule has 2 atom stereocenters. The molecule has 0 unspecified atom stereocenters. The van der Waals surface area contributed by atoms with E-state index in [9.17, 15) is 0 Å². The van der Waals surface area contributed by atoms with Gasteiger partial charge in [-0.25, -0.2) is 0 Å². The second-order valence-corrected chi connectivity index (χ2v) is 8.23. The number of morpholine rings is 1. The molecule has 5 rings (SSSR count). The maximum absolute atomic E-state index is 6.37. The van der Waals surface area contributed by atoms with Crippen molar-refractivity contribution >= 4 is 17.3 Å². The summed E-state index contributed by atoms with van der Waals surface area (Å²) in [6.07, 6.45) is 1.82. The molecule has 1 N–H and O–H groups in total. The zero-order chi connectivity index (χ0) is 21.0. The standard InChI is InChI=1S/C24H26N4O2S/c31-24-26-22(19-8-4-5-11-25-19)23(28(24)13-12-27-14-16-29-17-15-27)21-10-9-20(30-21)18-6-2-1-3-7-18/h1-11,22-23H,12-17H2,(H,26,31)/t22-,23-/m0/s1. The first-order chi connectivity index (χ1) is 15.3. The van der Waals surface area contributed by atoms with Gasteiger partial charge in [-0.2, -0.15) is 0 Å². The molecule has 31 heavy (non-hydrogen) atoms. The average Bonchev–Trinajstić information content (AvgIpc) is 3.44. The molecule has 0 saturated carbocycles. The van der Waals surface area contributed by atoms with E-state index in [1.807, 2.05) is 48.7 Å². The molecule has 1 aromatic carbocycles. The Bertz CT molecular complexity index is 1000. The minimum atomic E-state index is -0.0619. The van der Waals surface area contributed by atoms with Gasteiger partial charge < -0.3 is 19.4 Å². The summed E-state index contributed by atoms with van der Waals surface area (Å²) in [5, 5.41) is 4.24. The first-order valence-corrected chi connectivity index (χ1v) is 11.1. The first-order valence-electron chi connectivity index (χ1n) is 10.7. The molecule has 7 heteroatoms. The molecule has 0 radical (unpaired) electrons. The Hall–Kier alpha value is -2.74. The van der Waals surface area contributed by atoms with Crippen molar-refractivity contribution in [1.29, 1.82) is 0 Å². The summed E-state index contributed by atoms with van der Waals surface area (Å²) < 4.78 is 11.9. The van der Waals surface area contributed by atoms with Crippen molar-refractivity contribution in [3.05, 3.63) is 78.3 Å². The Morgan fingerprint density at radius 2 is 1.77 bits per heavy atom. The van der Waals surface area contributed by atoms with E-state index in [-0.39, 0.29) is 12.1 Å². The van der Waals surface area contributed by atoms with Gasteiger partial charge in [-0.05, 0) is 36.5 Å². The van der Waals surface area contributed by atoms with Crippen LogP contribution in [-0.4, -0.2) is 59.3 Å². The van der Waals surface area contributed by atoms with Crippen molar-refractivity contribution in [1.82, 2.24) is 20.1 Å². The lowest BCUT2D eigenvalue weighted by molar-refractivity contribution is 0.0347. The zero-order valence-corrected chi connectivity index (χ0v) is 18.1. The highest BCUT2D eigenvalue weighted by Crippen LogP contribution is 2.40. The molecule has 2 aliphatic heterocycles. The van der Waals surface area contributed by atoms with E-state index in [0.717, 1.165) is 67.3 Å². The Kier molecular flexibility index (Phi) is 5.97. The highest BCUT2D eigenvalue weighted by atomic mass is 32.1. The number of furan rings is 1. The van der Waals surface area contributed by atoms with E-state index >= 15 is 0 Å². The number of ether oxygens (including phenoxy) is 1. The number of thiocarbonyl (C=S) groups is 1. The Balaban J connectivity index is 1.44. The van der Waals surface area contributed by atoms with E-state index < -0.39 is 0 Å². The van der Waals surface area contributed by atoms with Crippen LogP contribution < -0.4 is 5.32 Å². The van der Waals surface area contributed by atoms with Crippen molar-refractivity contribution in [2.45, 2.75) is 12.1 Å². The second kappa shape index (κ2) is 9.18. The van der Waals surface area contributed by atoms with Crippen LogP contribution in [0.3, 0.4) is 0 Å². The Morgan fingerprint density at radius 1 is 0.968 bits per heavy atom. The highest BCUT2D eigenvalue weighted by molar-refractivity contribution is 7.80. The average molecular weight is 435 g/mol. The third-order valence-electron chi connectivity index (χ3n) is 5.94. The van der Waals surface area contributed by atoms with Crippen molar-refractivity contribution in [3.63, 3.8) is 0 Å². The molecular weight excluding hydrogens is 408 g/mol. The van der Waals surface area contributed by atoms with Gasteiger partial charge in [0.1, 0.15) is 17.6 Å². The van der Waals surface area contributed by atoms with E-state index in [0.29, 0.717) is 0 Å². The fourth-order valence-corrected chi connectivity index (χ4v) is 4.63. The molecule has 2 aromatic heterocycles. The quantitative estimate of drug-likeness (QED) is 0.595. The van der Waals surface area contributed by atoms with Crippen LogP contribution >= 0.6 is 12.2 Å². The molecule has 4 heterocycles. The van der Waals surface area contributed by atoms with Gasteiger partial charge in [-0.1, -0.05) is 36.4 Å². The first kappa shape index (κ1) is 20.2. The molecule has 3 aromatic rings. The van der Waals surface area contributed by atoms with Gasteiger partial charge in [0.15, 0.2) is 5.11 Å². The predicted octanol–water partition coefficient (Wildman–Crippen LogP) is 3.65. The van der Waals surface area contributed by atoms with Crippen LogP contribution in [0.4, 0.5) is 0 Å². The monoisotopic (exact) mass is 434 g/mol. The van der Waals surface area contributed by atoms with Crippen molar-refractivity contribution in [2.75, 3.05) is 39.4 Å². The Morgan fingerprint density at radius 3 is 2.55 bits per heavy atom. The van der Waals surface area contributed by atoms with Crippen LogP contribution in [-0.2, 0) is 4.74 Å². The normalized spacial score (nSPS) is 21.9. The van der Waals surface area contributed by atoms with Gasteiger partial charge in [-0.15, -0.1) is 0 Å². The zero-order valence-electron chi connectivity index (χ0n) is 17.3. The Labute approximate surface area is 187 Å². The molecule has 2 aliphatic rings. The second-order valence-electron chi connectivity index (χ2n) is 7.84. The van der Waals surface area contributed by atoms with Gasteiger partial charge in [0, 0.05) is 37.9 Å². The lowest BCUT2D eigenvalue weighted by Gasteiger charge is -2.31. The maximum Gasteiger partial charge on any atom is 0.170 e. The minimum absolute atomic E-state index is 0.0547. The van der Waals surface area contributed by atoms with Crippen molar-refractivity contribution in [3.8, 4) is 11.3 Å². The molecule has 2 fully saturated rings. The summed E-state index contributed by atoms with van der Waals surface area (Å²) in [5.74, 6) is 1.75. The number of rotatable bonds is 6. The smallest absolute Gasteiger partial charge is 0.170 e. The van der Waals surface area contributed by atoms with Crippen LogP contribution in [0.2, 0.25) is 0 Å². The summed E-state index contributed by atoms with van der Waals surface area (Å²) in [5.41, 5.74) is 2.03. The van der Waals surface area contributed by atoms with Gasteiger partial charge in [0.2, 0.25) is 0 Å². The summed E-state index contributed by atoms with van der Waals surface area (Å²) in [7, 11) is 0. The summed E-state index contributed by atoms with van der Waals surface area (Å²) in [4.78, 5) is 9.28. The number of aromatic nitrogens is 1. The molecule has 2 saturated heterocycles. The number of hydrogen-bond donors (Lipinski definition) is 1. The minimum Gasteiger partial charge on any atom is -0.459 e. The van der Waals surface area contributed by atoms with Crippen LogP contribution in [0, 0.1) is 0 Å². The lowest BCUT2D eigenvalue weighted by atomic mass is 10.0. The van der Waals surface area contributed by atoms with Crippen molar-refractivity contribution in [2.24, 2.45) is 0 Å². The predicted molar refractivity (Wildman–Crippen MR) is 124 cm³/mol. The molecular formula is C24H26N4O2S. The number of nitrogens with one attached hydrogen (secondary N) is 1. The van der Waals surface area contributed by atoms with Gasteiger partial charge in [0.25, 0.3) is 0 Å². The maximum atomic E-state index is 6.37. The highest BCUT2D eigenvalue weighted by Gasteiger charge is 2.41. The number of pyridine rings is 1. The molecule has 6 nitrogen and oxygen atoms in total. The van der Waals surface area contributed by atoms with E-state index in [1.54, 1.807) is 0 Å². The summed E-state index contributed by atoms with van der Waals surface area (Å²) in [6, 6.07) is 20.2. The van der Waals surface area contributed by atoms with E-state index in [4.69, 9.17) is 21.4 Å². The number of benzene rings is 1. The van der Waals surface area contributed by atoms with Gasteiger partial charge >= 0.3 is 0 Å². The fraction of sp³-hybridized carbons (Fsp3) is 0.333. The van der Waals surface area contributed by atoms with Crippen LogP contribution in [0.1, 0.15) is 23.5 Å². The van der Waals surface area contributed by atoms with E-state index in [1.165, 1.54) is 0 Å². The van der Waals surface area contributed by atoms with Crippen molar-refractivity contribution < 1.29 is 9.15 Å². The summed E-state index contributed by atoms with van der Waals surface area (Å²) >= 11 is 5.76.